The Morgan fingerprint density at radius 3 is 2.93 bits per heavy atom. The summed E-state index contributed by atoms with van der Waals surface area (Å²) in [6, 6.07) is 6.21. The number of hydrogen-bond acceptors (Lipinski definition) is 7. The Balaban J connectivity index is 1.78. The van der Waals surface area contributed by atoms with Gasteiger partial charge in [-0.1, -0.05) is 17.6 Å². The first-order valence-electron chi connectivity index (χ1n) is 9.49. The number of rotatable bonds is 7. The van der Waals surface area contributed by atoms with E-state index in [0.29, 0.717) is 18.3 Å². The first-order valence-corrected chi connectivity index (χ1v) is 9.49. The van der Waals surface area contributed by atoms with Crippen LogP contribution < -0.4 is 4.74 Å². The maximum atomic E-state index is 11.2. The van der Waals surface area contributed by atoms with Crippen molar-refractivity contribution in [3.05, 3.63) is 41.0 Å². The van der Waals surface area contributed by atoms with E-state index in [2.05, 4.69) is 27.2 Å². The second-order valence-corrected chi connectivity index (χ2v) is 6.82. The van der Waals surface area contributed by atoms with Gasteiger partial charge in [-0.2, -0.15) is 4.98 Å². The molecule has 1 aliphatic rings. The highest BCUT2D eigenvalue weighted by Gasteiger charge is 2.28. The molecule has 1 fully saturated rings. The Morgan fingerprint density at radius 1 is 1.37 bits per heavy atom. The normalized spacial score (nSPS) is 17.7. The standard InChI is InChI=1S/C20H27N3O4/c1-4-25-19-9-8-16(11-17(19)13-26-15(3)24)12-23-10-6-5-7-18(23)20-21-14(2)22-27-20/h8-9,11,18H,4-7,10,12-13H2,1-3H3/t18-/m1/s1. The van der Waals surface area contributed by atoms with Crippen LogP contribution in [0.15, 0.2) is 22.7 Å². The van der Waals surface area contributed by atoms with E-state index in [-0.39, 0.29) is 18.6 Å². The van der Waals surface area contributed by atoms with E-state index < -0.39 is 0 Å². The van der Waals surface area contributed by atoms with Crippen molar-refractivity contribution < 1.29 is 18.8 Å². The molecule has 0 unspecified atom stereocenters. The number of carbonyl (C=O) groups is 1. The van der Waals surface area contributed by atoms with Gasteiger partial charge in [-0.3, -0.25) is 9.69 Å². The summed E-state index contributed by atoms with van der Waals surface area (Å²) in [5, 5.41) is 3.94. The summed E-state index contributed by atoms with van der Waals surface area (Å²) in [4.78, 5) is 18.0. The van der Waals surface area contributed by atoms with Crippen molar-refractivity contribution in [2.75, 3.05) is 13.2 Å². The van der Waals surface area contributed by atoms with Gasteiger partial charge in [-0.25, -0.2) is 0 Å². The monoisotopic (exact) mass is 373 g/mol. The quantitative estimate of drug-likeness (QED) is 0.687. The fourth-order valence-corrected chi connectivity index (χ4v) is 3.46. The predicted octanol–water partition coefficient (Wildman–Crippen LogP) is 3.57. The molecule has 0 saturated carbocycles. The molecule has 0 spiro atoms. The van der Waals surface area contributed by atoms with Crippen molar-refractivity contribution in [2.24, 2.45) is 0 Å². The summed E-state index contributed by atoms with van der Waals surface area (Å²) >= 11 is 0. The molecular weight excluding hydrogens is 346 g/mol. The van der Waals surface area contributed by atoms with E-state index in [4.69, 9.17) is 14.0 Å². The molecule has 7 heteroatoms. The highest BCUT2D eigenvalue weighted by molar-refractivity contribution is 5.66. The van der Waals surface area contributed by atoms with Crippen molar-refractivity contribution in [3.63, 3.8) is 0 Å². The number of hydrogen-bond donors (Lipinski definition) is 0. The Morgan fingerprint density at radius 2 is 2.22 bits per heavy atom. The molecule has 1 aromatic carbocycles. The number of benzene rings is 1. The zero-order valence-corrected chi connectivity index (χ0v) is 16.2. The molecule has 1 saturated heterocycles. The third-order valence-corrected chi connectivity index (χ3v) is 4.68. The second-order valence-electron chi connectivity index (χ2n) is 6.82. The summed E-state index contributed by atoms with van der Waals surface area (Å²) in [7, 11) is 0. The van der Waals surface area contributed by atoms with Crippen LogP contribution in [0.2, 0.25) is 0 Å². The molecular formula is C20H27N3O4. The van der Waals surface area contributed by atoms with Crippen LogP contribution in [-0.4, -0.2) is 34.2 Å². The van der Waals surface area contributed by atoms with E-state index in [9.17, 15) is 4.79 Å². The minimum absolute atomic E-state index is 0.142. The van der Waals surface area contributed by atoms with Crippen molar-refractivity contribution in [3.8, 4) is 5.75 Å². The molecule has 146 valence electrons. The first kappa shape index (κ1) is 19.4. The van der Waals surface area contributed by atoms with Gasteiger partial charge in [0, 0.05) is 19.0 Å². The van der Waals surface area contributed by atoms with Gasteiger partial charge in [0.05, 0.1) is 12.6 Å². The number of aryl methyl sites for hydroxylation is 1. The van der Waals surface area contributed by atoms with Gasteiger partial charge in [0.15, 0.2) is 5.82 Å². The van der Waals surface area contributed by atoms with Gasteiger partial charge in [0.25, 0.3) is 0 Å². The van der Waals surface area contributed by atoms with Crippen molar-refractivity contribution in [1.29, 1.82) is 0 Å². The third-order valence-electron chi connectivity index (χ3n) is 4.68. The van der Waals surface area contributed by atoms with Gasteiger partial charge >= 0.3 is 5.97 Å². The number of aromatic nitrogens is 2. The highest BCUT2D eigenvalue weighted by Crippen LogP contribution is 2.32. The molecule has 0 N–H and O–H groups in total. The smallest absolute Gasteiger partial charge is 0.302 e. The second kappa shape index (κ2) is 8.99. The van der Waals surface area contributed by atoms with Crippen LogP contribution >= 0.6 is 0 Å². The van der Waals surface area contributed by atoms with Crippen LogP contribution in [0.1, 0.15) is 62.0 Å². The van der Waals surface area contributed by atoms with Gasteiger partial charge in [-0.05, 0) is 50.9 Å². The van der Waals surface area contributed by atoms with Gasteiger partial charge in [0.2, 0.25) is 5.89 Å². The molecule has 3 rings (SSSR count). The van der Waals surface area contributed by atoms with Crippen LogP contribution in [-0.2, 0) is 22.7 Å². The molecule has 1 aromatic heterocycles. The molecule has 0 radical (unpaired) electrons. The maximum absolute atomic E-state index is 11.2. The molecule has 0 amide bonds. The lowest BCUT2D eigenvalue weighted by Gasteiger charge is -2.33. The number of piperidine rings is 1. The van der Waals surface area contributed by atoms with E-state index >= 15 is 0 Å². The average molecular weight is 373 g/mol. The van der Waals surface area contributed by atoms with Gasteiger partial charge < -0.3 is 14.0 Å². The van der Waals surface area contributed by atoms with Crippen LogP contribution in [0.25, 0.3) is 0 Å². The Labute approximate surface area is 159 Å². The molecule has 1 atom stereocenters. The molecule has 2 aromatic rings. The van der Waals surface area contributed by atoms with Crippen LogP contribution in [0.5, 0.6) is 5.75 Å². The minimum Gasteiger partial charge on any atom is -0.493 e. The summed E-state index contributed by atoms with van der Waals surface area (Å²) in [6.07, 6.45) is 3.32. The number of nitrogens with zero attached hydrogens (tertiary/aromatic N) is 3. The molecule has 2 heterocycles. The van der Waals surface area contributed by atoms with Crippen LogP contribution in [0, 0.1) is 6.92 Å². The number of esters is 1. The van der Waals surface area contributed by atoms with Crippen molar-refractivity contribution in [2.45, 2.75) is 59.2 Å². The third kappa shape index (κ3) is 5.07. The van der Waals surface area contributed by atoms with E-state index in [1.807, 2.05) is 19.9 Å². The summed E-state index contributed by atoms with van der Waals surface area (Å²) in [5.41, 5.74) is 2.02. The first-order chi connectivity index (χ1) is 13.1. The van der Waals surface area contributed by atoms with Gasteiger partial charge in [-0.15, -0.1) is 0 Å². The maximum Gasteiger partial charge on any atom is 0.302 e. The molecule has 1 aliphatic heterocycles. The SMILES string of the molecule is CCOc1ccc(CN2CCCC[C@@H]2c2nc(C)no2)cc1COC(C)=O. The van der Waals surface area contributed by atoms with E-state index in [1.165, 1.54) is 6.92 Å². The summed E-state index contributed by atoms with van der Waals surface area (Å²) < 4.78 is 16.3. The van der Waals surface area contributed by atoms with Crippen LogP contribution in [0.4, 0.5) is 0 Å². The Bertz CT molecular complexity index is 774. The number of ether oxygens (including phenoxy) is 2. The van der Waals surface area contributed by atoms with Crippen molar-refractivity contribution >= 4 is 5.97 Å². The zero-order valence-electron chi connectivity index (χ0n) is 16.2. The van der Waals surface area contributed by atoms with E-state index in [0.717, 1.165) is 49.2 Å². The number of likely N-dealkylation sites (tertiary alicyclic amines) is 1. The summed E-state index contributed by atoms with van der Waals surface area (Å²) in [5.74, 6) is 1.81. The Hall–Kier alpha value is -2.41. The number of carbonyl (C=O) groups excluding carboxylic acids is 1. The highest BCUT2D eigenvalue weighted by atomic mass is 16.5. The van der Waals surface area contributed by atoms with Gasteiger partial charge in [0.1, 0.15) is 12.4 Å². The average Bonchev–Trinajstić information content (AvgIpc) is 3.08. The lowest BCUT2D eigenvalue weighted by Crippen LogP contribution is -2.33. The molecule has 0 aliphatic carbocycles. The lowest BCUT2D eigenvalue weighted by atomic mass is 10.0. The molecule has 27 heavy (non-hydrogen) atoms. The predicted molar refractivity (Wildman–Crippen MR) is 99.1 cm³/mol. The molecule has 0 bridgehead atoms. The summed E-state index contributed by atoms with van der Waals surface area (Å²) in [6.45, 7) is 7.73. The Kier molecular flexibility index (Phi) is 6.45. The lowest BCUT2D eigenvalue weighted by molar-refractivity contribution is -0.142. The largest absolute Gasteiger partial charge is 0.493 e. The fraction of sp³-hybridized carbons (Fsp3) is 0.550. The fourth-order valence-electron chi connectivity index (χ4n) is 3.46. The van der Waals surface area contributed by atoms with Crippen molar-refractivity contribution in [1.82, 2.24) is 15.0 Å². The minimum atomic E-state index is -0.300. The molecule has 7 nitrogen and oxygen atoms in total. The van der Waals surface area contributed by atoms with E-state index in [1.54, 1.807) is 0 Å². The van der Waals surface area contributed by atoms with Crippen LogP contribution in [0.3, 0.4) is 0 Å². The topological polar surface area (TPSA) is 77.7 Å². The zero-order chi connectivity index (χ0) is 19.2.